The Hall–Kier alpha value is -4.40. The summed E-state index contributed by atoms with van der Waals surface area (Å²) in [4.78, 5) is 39.1. The largest absolute Gasteiger partial charge is 0.433 e. The number of nitrogens with zero attached hydrogens (tertiary/aromatic N) is 5. The smallest absolute Gasteiger partial charge is 0.382 e. The Kier molecular flexibility index (Phi) is 7.18. The van der Waals surface area contributed by atoms with Crippen LogP contribution in [0.3, 0.4) is 0 Å². The number of aromatic nitrogens is 4. The number of nitrogen functional groups attached to an aromatic ring is 1. The molecule has 2 saturated heterocycles. The SMILES string of the molecule is Nc1ncc(C(F)(F)F)n2c(C3CCC4CCC(=O)N4C3)nc(-c3ccc(C(=O)Nc4cc(C(F)(F)F)ccn4)cc3Cl)c12. The van der Waals surface area contributed by atoms with E-state index in [2.05, 4.69) is 20.3 Å². The second kappa shape index (κ2) is 10.6. The highest BCUT2D eigenvalue weighted by atomic mass is 35.5. The summed E-state index contributed by atoms with van der Waals surface area (Å²) < 4.78 is 82.8. The van der Waals surface area contributed by atoms with Crippen LogP contribution in [-0.4, -0.2) is 48.7 Å². The van der Waals surface area contributed by atoms with Crippen LogP contribution >= 0.6 is 11.6 Å². The Bertz CT molecular complexity index is 1810. The highest BCUT2D eigenvalue weighted by Crippen LogP contribution is 2.42. The van der Waals surface area contributed by atoms with E-state index in [0.29, 0.717) is 37.9 Å². The summed E-state index contributed by atoms with van der Waals surface area (Å²) in [6, 6.07) is 5.31. The van der Waals surface area contributed by atoms with Crippen LogP contribution in [0, 0.1) is 0 Å². The van der Waals surface area contributed by atoms with Crippen LogP contribution in [0.4, 0.5) is 38.0 Å². The molecule has 16 heteroatoms. The molecule has 0 aliphatic carbocycles. The Morgan fingerprint density at radius 1 is 1.02 bits per heavy atom. The number of carbonyl (C=O) groups excluding carboxylic acids is 2. The van der Waals surface area contributed by atoms with Gasteiger partial charge in [-0.1, -0.05) is 17.7 Å². The van der Waals surface area contributed by atoms with Crippen LogP contribution in [0.15, 0.2) is 42.7 Å². The summed E-state index contributed by atoms with van der Waals surface area (Å²) in [5.74, 6) is -1.97. The van der Waals surface area contributed by atoms with E-state index in [1.807, 2.05) is 0 Å². The molecule has 2 atom stereocenters. The number of benzene rings is 1. The van der Waals surface area contributed by atoms with Crippen LogP contribution in [0.1, 0.15) is 59.0 Å². The molecule has 44 heavy (non-hydrogen) atoms. The number of nitrogens with two attached hydrogens (primary N) is 1. The monoisotopic (exact) mass is 637 g/mol. The molecule has 3 N–H and O–H groups in total. The van der Waals surface area contributed by atoms with Gasteiger partial charge in [-0.25, -0.2) is 15.0 Å². The van der Waals surface area contributed by atoms with Gasteiger partial charge in [-0.2, -0.15) is 26.3 Å². The van der Waals surface area contributed by atoms with Crippen molar-refractivity contribution < 1.29 is 35.9 Å². The minimum Gasteiger partial charge on any atom is -0.382 e. The van der Waals surface area contributed by atoms with Crippen molar-refractivity contribution in [2.24, 2.45) is 0 Å². The molecule has 0 saturated carbocycles. The molecule has 9 nitrogen and oxygen atoms in total. The zero-order valence-electron chi connectivity index (χ0n) is 22.5. The van der Waals surface area contributed by atoms with Crippen molar-refractivity contribution in [3.63, 3.8) is 0 Å². The molecule has 0 bridgehead atoms. The van der Waals surface area contributed by atoms with Crippen molar-refractivity contribution in [1.29, 1.82) is 0 Å². The molecule has 4 aromatic rings. The lowest BCUT2D eigenvalue weighted by molar-refractivity contribution is -0.142. The molecule has 5 heterocycles. The molecular formula is C28H22ClF6N7O2. The van der Waals surface area contributed by atoms with Gasteiger partial charge >= 0.3 is 12.4 Å². The molecular weight excluding hydrogens is 616 g/mol. The summed E-state index contributed by atoms with van der Waals surface area (Å²) in [6.07, 6.45) is -5.77. The first-order valence-electron chi connectivity index (χ1n) is 13.4. The molecule has 2 aliphatic rings. The number of amides is 2. The highest BCUT2D eigenvalue weighted by Gasteiger charge is 2.41. The number of carbonyl (C=O) groups is 2. The molecule has 2 unspecified atom stereocenters. The zero-order valence-corrected chi connectivity index (χ0v) is 23.3. The number of imidazole rings is 1. The molecule has 1 aromatic carbocycles. The van der Waals surface area contributed by atoms with Gasteiger partial charge in [0.25, 0.3) is 5.91 Å². The molecule has 230 valence electrons. The lowest BCUT2D eigenvalue weighted by atomic mass is 9.92. The average Bonchev–Trinajstić information content (AvgIpc) is 3.53. The molecule has 2 fully saturated rings. The van der Waals surface area contributed by atoms with Crippen molar-refractivity contribution >= 4 is 40.6 Å². The number of alkyl halides is 6. The number of piperidine rings is 1. The first kappa shape index (κ1) is 29.7. The Morgan fingerprint density at radius 3 is 2.50 bits per heavy atom. The molecule has 3 aromatic heterocycles. The zero-order chi connectivity index (χ0) is 31.6. The first-order chi connectivity index (χ1) is 20.7. The molecule has 2 amide bonds. The van der Waals surface area contributed by atoms with E-state index in [9.17, 15) is 35.9 Å². The number of fused-ring (bicyclic) bond motifs is 2. The topological polar surface area (TPSA) is 119 Å². The van der Waals surface area contributed by atoms with E-state index in [-0.39, 0.29) is 63.3 Å². The van der Waals surface area contributed by atoms with Crippen molar-refractivity contribution in [2.45, 2.75) is 50.0 Å². The third-order valence-corrected chi connectivity index (χ3v) is 8.21. The van der Waals surface area contributed by atoms with Crippen LogP contribution in [-0.2, 0) is 17.1 Å². The van der Waals surface area contributed by atoms with Crippen molar-refractivity contribution in [1.82, 2.24) is 24.3 Å². The van der Waals surface area contributed by atoms with Crippen LogP contribution < -0.4 is 11.1 Å². The van der Waals surface area contributed by atoms with E-state index in [0.717, 1.165) is 16.7 Å². The summed E-state index contributed by atoms with van der Waals surface area (Å²) in [5, 5.41) is 2.19. The fourth-order valence-corrected chi connectivity index (χ4v) is 6.09. The maximum Gasteiger partial charge on any atom is 0.433 e. The Balaban J connectivity index is 1.40. The third kappa shape index (κ3) is 5.29. The lowest BCUT2D eigenvalue weighted by Gasteiger charge is -2.34. The van der Waals surface area contributed by atoms with Gasteiger partial charge in [0.15, 0.2) is 0 Å². The van der Waals surface area contributed by atoms with Gasteiger partial charge in [-0.3, -0.25) is 14.0 Å². The maximum absolute atomic E-state index is 14.2. The minimum absolute atomic E-state index is 0.0116. The molecule has 0 spiro atoms. The fourth-order valence-electron chi connectivity index (χ4n) is 5.82. The number of halogens is 7. The van der Waals surface area contributed by atoms with Gasteiger partial charge in [0.2, 0.25) is 5.91 Å². The van der Waals surface area contributed by atoms with E-state index >= 15 is 0 Å². The van der Waals surface area contributed by atoms with Crippen molar-refractivity contribution in [3.8, 4) is 11.3 Å². The lowest BCUT2D eigenvalue weighted by Crippen LogP contribution is -2.41. The van der Waals surface area contributed by atoms with Gasteiger partial charge in [0, 0.05) is 42.2 Å². The Labute approximate surface area is 250 Å². The van der Waals surface area contributed by atoms with Crippen LogP contribution in [0.25, 0.3) is 16.8 Å². The predicted molar refractivity (Wildman–Crippen MR) is 147 cm³/mol. The normalized spacial score (nSPS) is 19.0. The highest BCUT2D eigenvalue weighted by molar-refractivity contribution is 6.34. The number of pyridine rings is 1. The fraction of sp³-hybridized carbons (Fsp3) is 0.321. The van der Waals surface area contributed by atoms with Gasteiger partial charge in [0.1, 0.15) is 34.4 Å². The standard InChI is InChI=1S/C28H22ClF6N7O2/c29-18-9-13(26(44)39-20-10-15(7-8-37-20)27(30,31)32)2-5-17(18)22-23-24(36)38-11-19(28(33,34)35)42(23)25(40-22)14-1-3-16-4-6-21(43)41(16)12-14/h2,5,7-11,14,16H,1,3-4,6,12H2,(H2,36,38)(H,37,39,44). The second-order valence-corrected chi connectivity index (χ2v) is 11.0. The molecule has 2 aliphatic heterocycles. The van der Waals surface area contributed by atoms with Crippen molar-refractivity contribution in [2.75, 3.05) is 17.6 Å². The maximum atomic E-state index is 14.2. The van der Waals surface area contributed by atoms with Crippen LogP contribution in [0.2, 0.25) is 5.02 Å². The summed E-state index contributed by atoms with van der Waals surface area (Å²) in [5.41, 5.74) is 3.93. The summed E-state index contributed by atoms with van der Waals surface area (Å²) >= 11 is 6.54. The number of rotatable bonds is 4. The molecule has 6 rings (SSSR count). The number of nitrogens with one attached hydrogen (secondary N) is 1. The third-order valence-electron chi connectivity index (χ3n) is 7.90. The van der Waals surface area contributed by atoms with E-state index < -0.39 is 35.4 Å². The van der Waals surface area contributed by atoms with Gasteiger partial charge < -0.3 is 16.0 Å². The number of hydrogen-bond donors (Lipinski definition) is 2. The van der Waals surface area contributed by atoms with E-state index in [1.165, 1.54) is 18.2 Å². The first-order valence-corrected chi connectivity index (χ1v) is 13.8. The van der Waals surface area contributed by atoms with Crippen LogP contribution in [0.5, 0.6) is 0 Å². The quantitative estimate of drug-likeness (QED) is 0.258. The predicted octanol–water partition coefficient (Wildman–Crippen LogP) is 6.19. The van der Waals surface area contributed by atoms with E-state index in [1.54, 1.807) is 4.90 Å². The second-order valence-electron chi connectivity index (χ2n) is 10.6. The summed E-state index contributed by atoms with van der Waals surface area (Å²) in [6.45, 7) is 0.192. The van der Waals surface area contributed by atoms with Gasteiger partial charge in [-0.05, 0) is 43.5 Å². The van der Waals surface area contributed by atoms with E-state index in [4.69, 9.17) is 17.3 Å². The Morgan fingerprint density at radius 2 is 1.80 bits per heavy atom. The van der Waals surface area contributed by atoms with Crippen molar-refractivity contribution in [3.05, 3.63) is 70.4 Å². The number of anilines is 2. The summed E-state index contributed by atoms with van der Waals surface area (Å²) in [7, 11) is 0. The number of hydrogen-bond acceptors (Lipinski definition) is 6. The minimum atomic E-state index is -4.82. The molecule has 0 radical (unpaired) electrons. The average molecular weight is 638 g/mol. The van der Waals surface area contributed by atoms with Gasteiger partial charge in [-0.15, -0.1) is 0 Å². The van der Waals surface area contributed by atoms with Gasteiger partial charge in [0.05, 0.1) is 16.8 Å².